The first-order valence-electron chi connectivity index (χ1n) is 6.54. The third-order valence-electron chi connectivity index (χ3n) is 3.88. The van der Waals surface area contributed by atoms with Crippen LogP contribution in [0.1, 0.15) is 37.3 Å². The Hall–Kier alpha value is -0.530. The van der Waals surface area contributed by atoms with Crippen LogP contribution in [0.15, 0.2) is 24.3 Å². The summed E-state index contributed by atoms with van der Waals surface area (Å²) in [5.74, 6) is 0.705. The Morgan fingerprint density at radius 1 is 1.35 bits per heavy atom. The Labute approximate surface area is 109 Å². The van der Waals surface area contributed by atoms with E-state index in [-0.39, 0.29) is 5.41 Å². The molecule has 1 unspecified atom stereocenters. The van der Waals surface area contributed by atoms with Crippen LogP contribution in [0, 0.1) is 0 Å². The van der Waals surface area contributed by atoms with Gasteiger partial charge in [0, 0.05) is 24.5 Å². The zero-order chi connectivity index (χ0) is 12.1. The summed E-state index contributed by atoms with van der Waals surface area (Å²) in [7, 11) is 0. The van der Waals surface area contributed by atoms with Gasteiger partial charge in [-0.05, 0) is 43.7 Å². The van der Waals surface area contributed by atoms with Gasteiger partial charge in [-0.3, -0.25) is 0 Å². The topological polar surface area (TPSA) is 9.23 Å². The Morgan fingerprint density at radius 3 is 2.94 bits per heavy atom. The summed E-state index contributed by atoms with van der Waals surface area (Å²) < 4.78 is 5.52. The molecule has 1 aliphatic carbocycles. The summed E-state index contributed by atoms with van der Waals surface area (Å²) in [6.45, 7) is 3.65. The Kier molecular flexibility index (Phi) is 4.47. The largest absolute Gasteiger partial charge is 0.382 e. The van der Waals surface area contributed by atoms with Gasteiger partial charge in [0.15, 0.2) is 0 Å². The van der Waals surface area contributed by atoms with E-state index >= 15 is 0 Å². The third-order valence-corrected chi connectivity index (χ3v) is 4.39. The predicted octanol–water partition coefficient (Wildman–Crippen LogP) is 3.93. The summed E-state index contributed by atoms with van der Waals surface area (Å²) >= 11 is 6.29. The molecule has 94 valence electrons. The number of fused-ring (bicyclic) bond motifs is 1. The molecule has 0 aromatic heterocycles. The molecule has 1 aromatic rings. The lowest BCUT2D eigenvalue weighted by Crippen LogP contribution is -2.34. The van der Waals surface area contributed by atoms with E-state index in [4.69, 9.17) is 16.3 Å². The number of rotatable bonds is 5. The summed E-state index contributed by atoms with van der Waals surface area (Å²) in [5, 5.41) is 0. The summed E-state index contributed by atoms with van der Waals surface area (Å²) in [5.41, 5.74) is 3.09. The van der Waals surface area contributed by atoms with Crippen molar-refractivity contribution in [3.8, 4) is 0 Å². The van der Waals surface area contributed by atoms with Crippen molar-refractivity contribution >= 4 is 11.6 Å². The van der Waals surface area contributed by atoms with Gasteiger partial charge in [0.05, 0.1) is 0 Å². The van der Waals surface area contributed by atoms with E-state index in [1.807, 2.05) is 6.92 Å². The molecule has 0 amide bonds. The Balaban J connectivity index is 2.22. The highest BCUT2D eigenvalue weighted by Gasteiger charge is 2.35. The molecule has 0 bridgehead atoms. The number of hydrogen-bond donors (Lipinski definition) is 0. The van der Waals surface area contributed by atoms with Crippen LogP contribution in [-0.4, -0.2) is 19.1 Å². The molecule has 1 nitrogen and oxygen atoms in total. The fraction of sp³-hybridized carbons (Fsp3) is 0.600. The van der Waals surface area contributed by atoms with Gasteiger partial charge in [-0.2, -0.15) is 0 Å². The maximum atomic E-state index is 6.29. The van der Waals surface area contributed by atoms with Crippen LogP contribution in [-0.2, 0) is 16.6 Å². The van der Waals surface area contributed by atoms with Crippen molar-refractivity contribution in [2.45, 2.75) is 38.0 Å². The maximum Gasteiger partial charge on any atom is 0.0474 e. The number of halogens is 1. The van der Waals surface area contributed by atoms with E-state index in [9.17, 15) is 0 Å². The van der Waals surface area contributed by atoms with Gasteiger partial charge in [0.2, 0.25) is 0 Å². The molecule has 0 saturated heterocycles. The molecule has 2 rings (SSSR count). The van der Waals surface area contributed by atoms with E-state index in [1.54, 1.807) is 0 Å². The van der Waals surface area contributed by atoms with Gasteiger partial charge in [-0.25, -0.2) is 0 Å². The third kappa shape index (κ3) is 2.66. The normalized spacial score (nSPS) is 23.4. The van der Waals surface area contributed by atoms with Crippen molar-refractivity contribution in [2.24, 2.45) is 0 Å². The van der Waals surface area contributed by atoms with Gasteiger partial charge in [-0.15, -0.1) is 11.6 Å². The molecule has 0 spiro atoms. The standard InChI is InChI=1S/C15H21ClO/c1-2-17-11-10-15(12-16)9-5-7-13-6-3-4-8-14(13)15/h3-4,6,8H,2,5,7,9-12H2,1H3. The van der Waals surface area contributed by atoms with E-state index in [0.717, 1.165) is 19.6 Å². The molecule has 1 aromatic carbocycles. The van der Waals surface area contributed by atoms with Crippen LogP contribution in [0.5, 0.6) is 0 Å². The minimum Gasteiger partial charge on any atom is -0.382 e. The second kappa shape index (κ2) is 5.88. The zero-order valence-electron chi connectivity index (χ0n) is 10.5. The van der Waals surface area contributed by atoms with Gasteiger partial charge < -0.3 is 4.74 Å². The predicted molar refractivity (Wildman–Crippen MR) is 72.9 cm³/mol. The molecule has 1 aliphatic rings. The number of alkyl halides is 1. The lowest BCUT2D eigenvalue weighted by molar-refractivity contribution is 0.124. The molecule has 0 heterocycles. The van der Waals surface area contributed by atoms with Crippen molar-refractivity contribution in [1.82, 2.24) is 0 Å². The molecule has 0 radical (unpaired) electrons. The number of aryl methyl sites for hydroxylation is 1. The van der Waals surface area contributed by atoms with Crippen molar-refractivity contribution < 1.29 is 4.74 Å². The molecule has 2 heteroatoms. The molecule has 0 N–H and O–H groups in total. The smallest absolute Gasteiger partial charge is 0.0474 e. The van der Waals surface area contributed by atoms with Crippen LogP contribution in [0.25, 0.3) is 0 Å². The first kappa shape index (κ1) is 12.9. The monoisotopic (exact) mass is 252 g/mol. The van der Waals surface area contributed by atoms with Gasteiger partial charge in [-0.1, -0.05) is 24.3 Å². The quantitative estimate of drug-likeness (QED) is 0.570. The van der Waals surface area contributed by atoms with Crippen molar-refractivity contribution in [3.05, 3.63) is 35.4 Å². The molecular weight excluding hydrogens is 232 g/mol. The van der Waals surface area contributed by atoms with Crippen molar-refractivity contribution in [3.63, 3.8) is 0 Å². The average molecular weight is 253 g/mol. The fourth-order valence-electron chi connectivity index (χ4n) is 2.88. The first-order valence-corrected chi connectivity index (χ1v) is 7.08. The highest BCUT2D eigenvalue weighted by Crippen LogP contribution is 2.40. The van der Waals surface area contributed by atoms with Gasteiger partial charge in [0.25, 0.3) is 0 Å². The zero-order valence-corrected chi connectivity index (χ0v) is 11.3. The number of benzene rings is 1. The van der Waals surface area contributed by atoms with Gasteiger partial charge >= 0.3 is 0 Å². The minimum absolute atomic E-state index is 0.144. The molecule has 0 saturated carbocycles. The minimum atomic E-state index is 0.144. The van der Waals surface area contributed by atoms with Crippen LogP contribution in [0.3, 0.4) is 0 Å². The van der Waals surface area contributed by atoms with Crippen LogP contribution in [0.4, 0.5) is 0 Å². The van der Waals surface area contributed by atoms with E-state index < -0.39 is 0 Å². The lowest BCUT2D eigenvalue weighted by Gasteiger charge is -2.37. The van der Waals surface area contributed by atoms with Crippen LogP contribution >= 0.6 is 11.6 Å². The number of ether oxygens (including phenoxy) is 1. The van der Waals surface area contributed by atoms with Crippen molar-refractivity contribution in [2.75, 3.05) is 19.1 Å². The van der Waals surface area contributed by atoms with Crippen LogP contribution < -0.4 is 0 Å². The fourth-order valence-corrected chi connectivity index (χ4v) is 3.30. The van der Waals surface area contributed by atoms with Crippen LogP contribution in [0.2, 0.25) is 0 Å². The molecular formula is C15H21ClO. The molecule has 0 aliphatic heterocycles. The average Bonchev–Trinajstić information content (AvgIpc) is 2.39. The van der Waals surface area contributed by atoms with E-state index in [2.05, 4.69) is 24.3 Å². The van der Waals surface area contributed by atoms with E-state index in [1.165, 1.54) is 30.4 Å². The summed E-state index contributed by atoms with van der Waals surface area (Å²) in [4.78, 5) is 0. The molecule has 0 fully saturated rings. The number of hydrogen-bond acceptors (Lipinski definition) is 1. The highest BCUT2D eigenvalue weighted by molar-refractivity contribution is 6.18. The van der Waals surface area contributed by atoms with Crippen molar-refractivity contribution in [1.29, 1.82) is 0 Å². The molecule has 17 heavy (non-hydrogen) atoms. The summed E-state index contributed by atoms with van der Waals surface area (Å²) in [6, 6.07) is 8.76. The first-order chi connectivity index (χ1) is 8.32. The Bertz CT molecular complexity index is 364. The second-order valence-electron chi connectivity index (χ2n) is 4.87. The maximum absolute atomic E-state index is 6.29. The lowest BCUT2D eigenvalue weighted by atomic mass is 9.69. The summed E-state index contributed by atoms with van der Waals surface area (Å²) in [6.07, 6.45) is 4.68. The second-order valence-corrected chi connectivity index (χ2v) is 5.14. The highest BCUT2D eigenvalue weighted by atomic mass is 35.5. The molecule has 1 atom stereocenters. The van der Waals surface area contributed by atoms with E-state index in [0.29, 0.717) is 5.88 Å². The SMILES string of the molecule is CCOCCC1(CCl)CCCc2ccccc21. The van der Waals surface area contributed by atoms with Gasteiger partial charge in [0.1, 0.15) is 0 Å². The Morgan fingerprint density at radius 2 is 2.18 bits per heavy atom.